The average molecular weight is 298 g/mol. The van der Waals surface area contributed by atoms with Gasteiger partial charge in [-0.25, -0.2) is 17.9 Å². The Hall–Kier alpha value is -2.11. The van der Waals surface area contributed by atoms with Crippen molar-refractivity contribution < 1.29 is 23.4 Å². The normalized spacial score (nSPS) is 11.0. The molecule has 0 fully saturated rings. The fourth-order valence-electron chi connectivity index (χ4n) is 1.59. The minimum Gasteiger partial charge on any atom is -0.507 e. The van der Waals surface area contributed by atoms with Gasteiger partial charge in [-0.1, -0.05) is 0 Å². The summed E-state index contributed by atoms with van der Waals surface area (Å²) in [6.07, 6.45) is 0.579. The van der Waals surface area contributed by atoms with Crippen molar-refractivity contribution in [2.24, 2.45) is 0 Å². The maximum absolute atomic E-state index is 12.0. The molecule has 0 aliphatic carbocycles. The summed E-state index contributed by atoms with van der Waals surface area (Å²) in [5, 5.41) is 26.7. The van der Waals surface area contributed by atoms with E-state index in [1.807, 2.05) is 6.07 Å². The third-order valence-corrected chi connectivity index (χ3v) is 4.17. The molecule has 0 saturated heterocycles. The Morgan fingerprint density at radius 2 is 2.10 bits per heavy atom. The molecule has 0 atom stereocenters. The first-order valence-electron chi connectivity index (χ1n) is 5.73. The number of nitriles is 1. The van der Waals surface area contributed by atoms with E-state index in [2.05, 4.69) is 4.72 Å². The van der Waals surface area contributed by atoms with Gasteiger partial charge in [0.1, 0.15) is 11.3 Å². The molecule has 20 heavy (non-hydrogen) atoms. The highest BCUT2D eigenvalue weighted by Gasteiger charge is 2.21. The second-order valence-corrected chi connectivity index (χ2v) is 5.83. The highest BCUT2D eigenvalue weighted by Crippen LogP contribution is 2.25. The second kappa shape index (κ2) is 6.36. The van der Waals surface area contributed by atoms with Gasteiger partial charge in [-0.2, -0.15) is 5.26 Å². The van der Waals surface area contributed by atoms with E-state index in [1.165, 1.54) is 6.92 Å². The fourth-order valence-corrected chi connectivity index (χ4v) is 2.91. The number of carboxylic acids is 1. The lowest BCUT2D eigenvalue weighted by atomic mass is 10.1. The van der Waals surface area contributed by atoms with Gasteiger partial charge in [0.2, 0.25) is 10.0 Å². The van der Waals surface area contributed by atoms with E-state index < -0.39 is 27.3 Å². The molecule has 0 saturated carbocycles. The number of aromatic carboxylic acids is 1. The van der Waals surface area contributed by atoms with Crippen LogP contribution in [0.2, 0.25) is 0 Å². The van der Waals surface area contributed by atoms with Crippen molar-refractivity contribution in [1.29, 1.82) is 5.26 Å². The zero-order chi connectivity index (χ0) is 15.3. The third kappa shape index (κ3) is 3.69. The number of sulfonamides is 1. The summed E-state index contributed by atoms with van der Waals surface area (Å²) in [5.74, 6) is -1.90. The lowest BCUT2D eigenvalue weighted by molar-refractivity contribution is 0.0693. The first kappa shape index (κ1) is 15.9. The molecule has 0 aromatic heterocycles. The van der Waals surface area contributed by atoms with Gasteiger partial charge in [0.15, 0.2) is 0 Å². The molecule has 0 aliphatic rings. The highest BCUT2D eigenvalue weighted by molar-refractivity contribution is 7.89. The Kier molecular flexibility index (Phi) is 5.07. The van der Waals surface area contributed by atoms with Gasteiger partial charge in [-0.3, -0.25) is 0 Å². The predicted molar refractivity (Wildman–Crippen MR) is 69.8 cm³/mol. The van der Waals surface area contributed by atoms with E-state index in [0.29, 0.717) is 6.42 Å². The molecule has 0 spiro atoms. The van der Waals surface area contributed by atoms with Crippen LogP contribution in [0.25, 0.3) is 0 Å². The minimum absolute atomic E-state index is 0.0820. The van der Waals surface area contributed by atoms with Crippen molar-refractivity contribution in [3.05, 3.63) is 23.3 Å². The molecule has 8 heteroatoms. The van der Waals surface area contributed by atoms with Gasteiger partial charge >= 0.3 is 5.97 Å². The largest absolute Gasteiger partial charge is 0.507 e. The number of aromatic hydroxyl groups is 1. The lowest BCUT2D eigenvalue weighted by Crippen LogP contribution is -2.25. The molecular weight excluding hydrogens is 284 g/mol. The van der Waals surface area contributed by atoms with Crippen LogP contribution in [0.3, 0.4) is 0 Å². The summed E-state index contributed by atoms with van der Waals surface area (Å²) in [6.45, 7) is 1.54. The number of hydrogen-bond donors (Lipinski definition) is 3. The van der Waals surface area contributed by atoms with E-state index in [1.54, 1.807) is 0 Å². The van der Waals surface area contributed by atoms with E-state index >= 15 is 0 Å². The number of hydrogen-bond acceptors (Lipinski definition) is 5. The first-order valence-corrected chi connectivity index (χ1v) is 7.21. The lowest BCUT2D eigenvalue weighted by Gasteiger charge is -2.10. The van der Waals surface area contributed by atoms with Crippen LogP contribution in [0.4, 0.5) is 0 Å². The predicted octanol–water partition coefficient (Wildman–Crippen LogP) is 0.981. The maximum Gasteiger partial charge on any atom is 0.339 e. The van der Waals surface area contributed by atoms with Crippen molar-refractivity contribution in [2.75, 3.05) is 6.54 Å². The van der Waals surface area contributed by atoms with Crippen LogP contribution in [0, 0.1) is 18.3 Å². The number of nitrogens with zero attached hydrogens (tertiary/aromatic N) is 1. The maximum atomic E-state index is 12.0. The van der Waals surface area contributed by atoms with Crippen LogP contribution in [0.15, 0.2) is 17.0 Å². The Balaban J connectivity index is 3.09. The topological polar surface area (TPSA) is 127 Å². The first-order chi connectivity index (χ1) is 9.29. The SMILES string of the molecule is Cc1cc(O)c(C(=O)O)cc1S(=O)(=O)NCCCC#N. The van der Waals surface area contributed by atoms with E-state index in [-0.39, 0.29) is 23.4 Å². The monoisotopic (exact) mass is 298 g/mol. The Labute approximate surface area is 116 Å². The number of unbranched alkanes of at least 4 members (excludes halogenated alkanes) is 1. The molecule has 0 radical (unpaired) electrons. The van der Waals surface area contributed by atoms with E-state index in [4.69, 9.17) is 10.4 Å². The molecule has 0 unspecified atom stereocenters. The summed E-state index contributed by atoms with van der Waals surface area (Å²) in [5.41, 5.74) is -0.242. The van der Waals surface area contributed by atoms with Gasteiger partial charge in [-0.05, 0) is 31.0 Å². The Morgan fingerprint density at radius 1 is 1.45 bits per heavy atom. The number of benzene rings is 1. The fraction of sp³-hybridized carbons (Fsp3) is 0.333. The van der Waals surface area contributed by atoms with Gasteiger partial charge < -0.3 is 10.2 Å². The van der Waals surface area contributed by atoms with Crippen LogP contribution in [0.1, 0.15) is 28.8 Å². The zero-order valence-corrected chi connectivity index (χ0v) is 11.6. The summed E-state index contributed by atoms with van der Waals surface area (Å²) < 4.78 is 26.4. The number of aryl methyl sites for hydroxylation is 1. The number of carboxylic acid groups (broad SMARTS) is 1. The summed E-state index contributed by atoms with van der Waals surface area (Å²) in [4.78, 5) is 10.7. The van der Waals surface area contributed by atoms with Crippen molar-refractivity contribution in [1.82, 2.24) is 4.72 Å². The van der Waals surface area contributed by atoms with Crippen LogP contribution in [-0.4, -0.2) is 31.1 Å². The molecule has 108 valence electrons. The highest BCUT2D eigenvalue weighted by atomic mass is 32.2. The number of nitrogens with one attached hydrogen (secondary N) is 1. The number of carbonyl (C=O) groups is 1. The molecule has 1 aromatic rings. The zero-order valence-electron chi connectivity index (χ0n) is 10.8. The van der Waals surface area contributed by atoms with Crippen LogP contribution in [-0.2, 0) is 10.0 Å². The van der Waals surface area contributed by atoms with Crippen LogP contribution in [0.5, 0.6) is 5.75 Å². The average Bonchev–Trinajstić information content (AvgIpc) is 2.33. The van der Waals surface area contributed by atoms with Crippen molar-refractivity contribution in [2.45, 2.75) is 24.7 Å². The van der Waals surface area contributed by atoms with Gasteiger partial charge in [0, 0.05) is 13.0 Å². The molecule has 1 aromatic carbocycles. The standard InChI is InChI=1S/C12H14N2O5S/c1-8-6-10(15)9(12(16)17)7-11(8)20(18,19)14-5-3-2-4-13/h6-7,14-15H,2-3,5H2,1H3,(H,16,17). The number of phenols is 1. The molecule has 0 amide bonds. The number of rotatable bonds is 6. The smallest absolute Gasteiger partial charge is 0.339 e. The Morgan fingerprint density at radius 3 is 2.65 bits per heavy atom. The third-order valence-electron chi connectivity index (χ3n) is 2.57. The summed E-state index contributed by atoms with van der Waals surface area (Å²) >= 11 is 0. The second-order valence-electron chi connectivity index (χ2n) is 4.10. The molecule has 0 bridgehead atoms. The van der Waals surface area contributed by atoms with E-state index in [0.717, 1.165) is 12.1 Å². The van der Waals surface area contributed by atoms with Gasteiger partial charge in [0.05, 0.1) is 11.0 Å². The molecule has 0 aliphatic heterocycles. The molecule has 0 heterocycles. The van der Waals surface area contributed by atoms with Crippen molar-refractivity contribution >= 4 is 16.0 Å². The van der Waals surface area contributed by atoms with Gasteiger partial charge in [-0.15, -0.1) is 0 Å². The summed E-state index contributed by atoms with van der Waals surface area (Å²) in [7, 11) is -3.88. The van der Waals surface area contributed by atoms with Crippen molar-refractivity contribution in [3.8, 4) is 11.8 Å². The van der Waals surface area contributed by atoms with Crippen LogP contribution >= 0.6 is 0 Å². The molecular formula is C12H14N2O5S. The Bertz CT molecular complexity index is 661. The van der Waals surface area contributed by atoms with Gasteiger partial charge in [0.25, 0.3) is 0 Å². The quantitative estimate of drug-likeness (QED) is 0.672. The minimum atomic E-state index is -3.88. The van der Waals surface area contributed by atoms with E-state index in [9.17, 15) is 18.3 Å². The molecule has 1 rings (SSSR count). The molecule has 7 nitrogen and oxygen atoms in total. The van der Waals surface area contributed by atoms with Crippen LogP contribution < -0.4 is 4.72 Å². The molecule has 3 N–H and O–H groups in total. The summed E-state index contributed by atoms with van der Waals surface area (Å²) in [6, 6.07) is 3.90. The van der Waals surface area contributed by atoms with Crippen molar-refractivity contribution in [3.63, 3.8) is 0 Å².